The van der Waals surface area contributed by atoms with Crippen LogP contribution in [0, 0.1) is 0 Å². The second kappa shape index (κ2) is 8.78. The van der Waals surface area contributed by atoms with Gasteiger partial charge in [-0.1, -0.05) is 0 Å². The highest BCUT2D eigenvalue weighted by Crippen LogP contribution is 2.14. The molecule has 0 aromatic carbocycles. The van der Waals surface area contributed by atoms with Gasteiger partial charge in [0, 0.05) is 13.2 Å². The molecule has 0 aromatic rings. The molecular weight excluding hydrogens is 223 g/mol. The zero-order valence-corrected chi connectivity index (χ0v) is 9.77. The van der Waals surface area contributed by atoms with Crippen molar-refractivity contribution < 1.29 is 22.6 Å². The largest absolute Gasteiger partial charge is 0.411 e. The Bertz CT molecular complexity index is 163. The quantitative estimate of drug-likeness (QED) is 0.628. The van der Waals surface area contributed by atoms with Crippen LogP contribution in [-0.2, 0) is 9.47 Å². The van der Waals surface area contributed by atoms with Gasteiger partial charge < -0.3 is 14.8 Å². The van der Waals surface area contributed by atoms with E-state index in [9.17, 15) is 13.2 Å². The van der Waals surface area contributed by atoms with Crippen LogP contribution in [0.25, 0.3) is 0 Å². The van der Waals surface area contributed by atoms with Crippen LogP contribution in [0.4, 0.5) is 13.2 Å². The summed E-state index contributed by atoms with van der Waals surface area (Å²) < 4.78 is 44.7. The molecule has 0 aromatic heterocycles. The predicted molar refractivity (Wildman–Crippen MR) is 55.4 cm³/mol. The van der Waals surface area contributed by atoms with E-state index in [1.165, 1.54) is 0 Å². The Hall–Kier alpha value is -0.330. The molecule has 6 heteroatoms. The molecule has 3 nitrogen and oxygen atoms in total. The first-order valence-electron chi connectivity index (χ1n) is 5.38. The lowest BCUT2D eigenvalue weighted by Crippen LogP contribution is -2.24. The minimum absolute atomic E-state index is 0.123. The van der Waals surface area contributed by atoms with Gasteiger partial charge in [0.1, 0.15) is 6.61 Å². The molecular formula is C10H20F3NO2. The Labute approximate surface area is 94.3 Å². The molecule has 0 unspecified atom stereocenters. The van der Waals surface area contributed by atoms with Gasteiger partial charge in [0.25, 0.3) is 0 Å². The lowest BCUT2D eigenvalue weighted by atomic mass is 10.4. The van der Waals surface area contributed by atoms with E-state index in [4.69, 9.17) is 4.74 Å². The molecule has 0 amide bonds. The Balaban J connectivity index is 3.05. The fraction of sp³-hybridized carbons (Fsp3) is 1.00. The third kappa shape index (κ3) is 13.7. The third-order valence-electron chi connectivity index (χ3n) is 1.64. The van der Waals surface area contributed by atoms with Crippen LogP contribution in [0.3, 0.4) is 0 Å². The number of nitrogens with one attached hydrogen (secondary N) is 1. The van der Waals surface area contributed by atoms with Gasteiger partial charge in [0.05, 0.1) is 12.7 Å². The lowest BCUT2D eigenvalue weighted by molar-refractivity contribution is -0.173. The molecule has 0 bridgehead atoms. The van der Waals surface area contributed by atoms with E-state index in [0.29, 0.717) is 26.1 Å². The average molecular weight is 243 g/mol. The van der Waals surface area contributed by atoms with Crippen molar-refractivity contribution in [2.45, 2.75) is 32.5 Å². The van der Waals surface area contributed by atoms with E-state index in [0.717, 1.165) is 0 Å². The minimum Gasteiger partial charge on any atom is -0.377 e. The summed E-state index contributed by atoms with van der Waals surface area (Å²) in [6.07, 6.45) is -3.45. The first-order valence-corrected chi connectivity index (χ1v) is 5.38. The Morgan fingerprint density at radius 1 is 1.12 bits per heavy atom. The molecule has 0 aliphatic rings. The van der Waals surface area contributed by atoms with Crippen LogP contribution in [0.5, 0.6) is 0 Å². The molecule has 16 heavy (non-hydrogen) atoms. The summed E-state index contributed by atoms with van der Waals surface area (Å²) in [7, 11) is 0. The first kappa shape index (κ1) is 15.7. The van der Waals surface area contributed by atoms with Crippen molar-refractivity contribution in [3.63, 3.8) is 0 Å². The molecule has 0 spiro atoms. The molecule has 0 radical (unpaired) electrons. The molecule has 0 atom stereocenters. The van der Waals surface area contributed by atoms with E-state index < -0.39 is 12.8 Å². The summed E-state index contributed by atoms with van der Waals surface area (Å²) in [5.74, 6) is 0. The van der Waals surface area contributed by atoms with Gasteiger partial charge in [-0.3, -0.25) is 0 Å². The second-order valence-corrected chi connectivity index (χ2v) is 3.69. The molecule has 0 rings (SSSR count). The van der Waals surface area contributed by atoms with Gasteiger partial charge in [0.2, 0.25) is 0 Å². The summed E-state index contributed by atoms with van der Waals surface area (Å²) in [5, 5.41) is 3.05. The first-order chi connectivity index (χ1) is 7.42. The SMILES string of the molecule is CC(C)OCCNCCCOCC(F)(F)F. The number of alkyl halides is 3. The van der Waals surface area contributed by atoms with Crippen LogP contribution in [-0.4, -0.2) is 45.2 Å². The van der Waals surface area contributed by atoms with Crippen molar-refractivity contribution in [2.75, 3.05) is 32.9 Å². The minimum atomic E-state index is -4.22. The number of hydrogen-bond donors (Lipinski definition) is 1. The Morgan fingerprint density at radius 2 is 1.81 bits per heavy atom. The Morgan fingerprint density at radius 3 is 2.38 bits per heavy atom. The number of rotatable bonds is 9. The smallest absolute Gasteiger partial charge is 0.377 e. The zero-order chi connectivity index (χ0) is 12.4. The number of hydrogen-bond acceptors (Lipinski definition) is 3. The predicted octanol–water partition coefficient (Wildman–Crippen LogP) is 1.97. The van der Waals surface area contributed by atoms with E-state index in [1.807, 2.05) is 13.8 Å². The van der Waals surface area contributed by atoms with Gasteiger partial charge in [-0.05, 0) is 26.8 Å². The van der Waals surface area contributed by atoms with Crippen molar-refractivity contribution in [1.82, 2.24) is 5.32 Å². The second-order valence-electron chi connectivity index (χ2n) is 3.69. The maximum Gasteiger partial charge on any atom is 0.411 e. The highest BCUT2D eigenvalue weighted by molar-refractivity contribution is 4.49. The van der Waals surface area contributed by atoms with Gasteiger partial charge in [-0.2, -0.15) is 13.2 Å². The molecule has 0 saturated carbocycles. The molecule has 0 aliphatic heterocycles. The lowest BCUT2D eigenvalue weighted by Gasteiger charge is -2.09. The topological polar surface area (TPSA) is 30.5 Å². The van der Waals surface area contributed by atoms with Gasteiger partial charge >= 0.3 is 6.18 Å². The van der Waals surface area contributed by atoms with E-state index >= 15 is 0 Å². The molecule has 1 N–H and O–H groups in total. The van der Waals surface area contributed by atoms with Crippen LogP contribution in [0.1, 0.15) is 20.3 Å². The van der Waals surface area contributed by atoms with Crippen LogP contribution >= 0.6 is 0 Å². The van der Waals surface area contributed by atoms with E-state index in [-0.39, 0.29) is 12.7 Å². The maximum atomic E-state index is 11.6. The fourth-order valence-corrected chi connectivity index (χ4v) is 0.979. The van der Waals surface area contributed by atoms with Crippen molar-refractivity contribution in [1.29, 1.82) is 0 Å². The monoisotopic (exact) mass is 243 g/mol. The summed E-state index contributed by atoms with van der Waals surface area (Å²) in [4.78, 5) is 0. The van der Waals surface area contributed by atoms with Crippen molar-refractivity contribution in [3.05, 3.63) is 0 Å². The van der Waals surface area contributed by atoms with Crippen molar-refractivity contribution in [2.24, 2.45) is 0 Å². The van der Waals surface area contributed by atoms with Crippen LogP contribution < -0.4 is 5.32 Å². The van der Waals surface area contributed by atoms with Gasteiger partial charge in [-0.25, -0.2) is 0 Å². The van der Waals surface area contributed by atoms with Crippen molar-refractivity contribution in [3.8, 4) is 0 Å². The van der Waals surface area contributed by atoms with Gasteiger partial charge in [0.15, 0.2) is 0 Å². The number of halogens is 3. The fourth-order valence-electron chi connectivity index (χ4n) is 0.979. The van der Waals surface area contributed by atoms with Gasteiger partial charge in [-0.15, -0.1) is 0 Å². The molecule has 98 valence electrons. The summed E-state index contributed by atoms with van der Waals surface area (Å²) in [6, 6.07) is 0. The van der Waals surface area contributed by atoms with E-state index in [1.54, 1.807) is 0 Å². The average Bonchev–Trinajstić information content (AvgIpc) is 2.13. The maximum absolute atomic E-state index is 11.6. The van der Waals surface area contributed by atoms with Crippen molar-refractivity contribution >= 4 is 0 Å². The highest BCUT2D eigenvalue weighted by atomic mass is 19.4. The van der Waals surface area contributed by atoms with Crippen LogP contribution in [0.15, 0.2) is 0 Å². The third-order valence-corrected chi connectivity index (χ3v) is 1.64. The standard InChI is InChI=1S/C10H20F3NO2/c1-9(2)16-7-5-14-4-3-6-15-8-10(11,12)13/h9,14H,3-8H2,1-2H3. The normalized spacial score (nSPS) is 12.4. The van der Waals surface area contributed by atoms with Crippen LogP contribution in [0.2, 0.25) is 0 Å². The molecule has 0 fully saturated rings. The zero-order valence-electron chi connectivity index (χ0n) is 9.77. The summed E-state index contributed by atoms with van der Waals surface area (Å²) in [5.41, 5.74) is 0. The molecule has 0 heterocycles. The molecule has 0 aliphatic carbocycles. The summed E-state index contributed by atoms with van der Waals surface area (Å²) in [6.45, 7) is 4.81. The molecule has 0 saturated heterocycles. The summed E-state index contributed by atoms with van der Waals surface area (Å²) >= 11 is 0. The number of ether oxygens (including phenoxy) is 2. The Kier molecular flexibility index (Phi) is 8.60. The highest BCUT2D eigenvalue weighted by Gasteiger charge is 2.26. The van der Waals surface area contributed by atoms with E-state index in [2.05, 4.69) is 10.1 Å².